The van der Waals surface area contributed by atoms with Gasteiger partial charge in [-0.05, 0) is 31.8 Å². The Balaban J connectivity index is 0.00000169. The molecular weight excluding hydrogens is 198 g/mol. The van der Waals surface area contributed by atoms with Gasteiger partial charge in [-0.3, -0.25) is 0 Å². The maximum Gasteiger partial charge on any atom is 0.116 e. The van der Waals surface area contributed by atoms with Crippen LogP contribution in [0.15, 0.2) is 30.3 Å². The zero-order valence-electron chi connectivity index (χ0n) is 8.47. The lowest BCUT2D eigenvalue weighted by Gasteiger charge is -2.03. The molecule has 3 heteroatoms. The minimum Gasteiger partial charge on any atom is -0.508 e. The molecule has 0 amide bonds. The molecule has 0 aliphatic carbocycles. The van der Waals surface area contributed by atoms with Gasteiger partial charge in [-0.25, -0.2) is 0 Å². The van der Waals surface area contributed by atoms with Gasteiger partial charge < -0.3 is 10.0 Å². The van der Waals surface area contributed by atoms with Gasteiger partial charge in [0.15, 0.2) is 0 Å². The zero-order valence-corrected chi connectivity index (χ0v) is 9.29. The highest BCUT2D eigenvalue weighted by Crippen LogP contribution is 2.11. The Kier molecular flexibility index (Phi) is 6.00. The molecule has 0 heterocycles. The van der Waals surface area contributed by atoms with Gasteiger partial charge in [0.25, 0.3) is 0 Å². The summed E-state index contributed by atoms with van der Waals surface area (Å²) >= 11 is 0. The van der Waals surface area contributed by atoms with Crippen LogP contribution in [-0.4, -0.2) is 30.6 Å². The van der Waals surface area contributed by atoms with Crippen LogP contribution < -0.4 is 0 Å². The Morgan fingerprint density at radius 1 is 1.36 bits per heavy atom. The second-order valence-corrected chi connectivity index (χ2v) is 3.26. The van der Waals surface area contributed by atoms with E-state index in [2.05, 4.69) is 11.0 Å². The number of aromatic hydroxyl groups is 1. The molecule has 1 aromatic rings. The maximum atomic E-state index is 9.18. The SMILES string of the molecule is CN(C)CC=Cc1cccc(O)c1.Cl. The topological polar surface area (TPSA) is 23.5 Å². The zero-order chi connectivity index (χ0) is 9.68. The largest absolute Gasteiger partial charge is 0.508 e. The summed E-state index contributed by atoms with van der Waals surface area (Å²) in [7, 11) is 4.04. The van der Waals surface area contributed by atoms with E-state index < -0.39 is 0 Å². The number of nitrogens with zero attached hydrogens (tertiary/aromatic N) is 1. The summed E-state index contributed by atoms with van der Waals surface area (Å²) in [5.74, 6) is 0.312. The van der Waals surface area contributed by atoms with Crippen molar-refractivity contribution in [3.05, 3.63) is 35.9 Å². The fraction of sp³-hybridized carbons (Fsp3) is 0.273. The van der Waals surface area contributed by atoms with Crippen molar-refractivity contribution in [2.45, 2.75) is 0 Å². The molecule has 0 aliphatic heterocycles. The third-order valence-electron chi connectivity index (χ3n) is 1.65. The molecule has 78 valence electrons. The lowest BCUT2D eigenvalue weighted by atomic mass is 10.2. The van der Waals surface area contributed by atoms with Crippen molar-refractivity contribution in [1.29, 1.82) is 0 Å². The normalized spacial score (nSPS) is 10.5. The highest BCUT2D eigenvalue weighted by Gasteiger charge is 1.88. The Morgan fingerprint density at radius 3 is 2.64 bits per heavy atom. The quantitative estimate of drug-likeness (QED) is 0.834. The van der Waals surface area contributed by atoms with E-state index in [1.54, 1.807) is 12.1 Å². The van der Waals surface area contributed by atoms with E-state index in [0.717, 1.165) is 12.1 Å². The van der Waals surface area contributed by atoms with Crippen molar-refractivity contribution in [1.82, 2.24) is 4.90 Å². The standard InChI is InChI=1S/C11H15NO.ClH/c1-12(2)8-4-6-10-5-3-7-11(13)9-10;/h3-7,9,13H,8H2,1-2H3;1H. The van der Waals surface area contributed by atoms with Crippen LogP contribution in [0.4, 0.5) is 0 Å². The summed E-state index contributed by atoms with van der Waals surface area (Å²) in [5, 5.41) is 9.18. The van der Waals surface area contributed by atoms with E-state index in [4.69, 9.17) is 0 Å². The van der Waals surface area contributed by atoms with Crippen LogP contribution in [0.1, 0.15) is 5.56 Å². The maximum absolute atomic E-state index is 9.18. The average molecular weight is 214 g/mol. The van der Waals surface area contributed by atoms with Gasteiger partial charge in [0.05, 0.1) is 0 Å². The lowest BCUT2D eigenvalue weighted by Crippen LogP contribution is -2.10. The molecule has 0 fully saturated rings. The van der Waals surface area contributed by atoms with E-state index in [1.165, 1.54) is 0 Å². The number of phenols is 1. The Labute approximate surface area is 91.3 Å². The molecule has 0 atom stereocenters. The molecule has 0 unspecified atom stereocenters. The van der Waals surface area contributed by atoms with Gasteiger partial charge in [0, 0.05) is 6.54 Å². The molecule has 1 aromatic carbocycles. The van der Waals surface area contributed by atoms with E-state index >= 15 is 0 Å². The van der Waals surface area contributed by atoms with Gasteiger partial charge in [-0.2, -0.15) is 0 Å². The molecule has 0 spiro atoms. The molecule has 14 heavy (non-hydrogen) atoms. The van der Waals surface area contributed by atoms with E-state index in [0.29, 0.717) is 5.75 Å². The summed E-state index contributed by atoms with van der Waals surface area (Å²) in [5.41, 5.74) is 1.03. The van der Waals surface area contributed by atoms with Crippen LogP contribution in [0.2, 0.25) is 0 Å². The van der Waals surface area contributed by atoms with Gasteiger partial charge in [-0.15, -0.1) is 12.4 Å². The molecule has 0 saturated carbocycles. The highest BCUT2D eigenvalue weighted by atomic mass is 35.5. The van der Waals surface area contributed by atoms with Crippen molar-refractivity contribution in [3.8, 4) is 5.75 Å². The average Bonchev–Trinajstić information content (AvgIpc) is 2.03. The second kappa shape index (κ2) is 6.46. The first kappa shape index (κ1) is 13.0. The van der Waals surface area contributed by atoms with E-state index in [-0.39, 0.29) is 12.4 Å². The van der Waals surface area contributed by atoms with Crippen LogP contribution in [0.25, 0.3) is 6.08 Å². The number of likely N-dealkylation sites (N-methyl/N-ethyl adjacent to an activating group) is 1. The van der Waals surface area contributed by atoms with Crippen molar-refractivity contribution in [2.24, 2.45) is 0 Å². The van der Waals surface area contributed by atoms with Crippen molar-refractivity contribution in [2.75, 3.05) is 20.6 Å². The van der Waals surface area contributed by atoms with Crippen LogP contribution in [0.3, 0.4) is 0 Å². The second-order valence-electron chi connectivity index (χ2n) is 3.26. The number of rotatable bonds is 3. The van der Waals surface area contributed by atoms with Gasteiger partial charge in [0.2, 0.25) is 0 Å². The summed E-state index contributed by atoms with van der Waals surface area (Å²) in [6, 6.07) is 7.21. The minimum atomic E-state index is 0. The Bertz CT molecular complexity index is 297. The van der Waals surface area contributed by atoms with E-state index in [9.17, 15) is 5.11 Å². The molecular formula is C11H16ClNO. The van der Waals surface area contributed by atoms with Crippen LogP contribution in [0, 0.1) is 0 Å². The number of halogens is 1. The molecule has 1 rings (SSSR count). The van der Waals surface area contributed by atoms with Crippen LogP contribution in [0.5, 0.6) is 5.75 Å². The summed E-state index contributed by atoms with van der Waals surface area (Å²) < 4.78 is 0. The Hall–Kier alpha value is -0.990. The fourth-order valence-corrected chi connectivity index (χ4v) is 1.03. The van der Waals surface area contributed by atoms with Crippen LogP contribution >= 0.6 is 12.4 Å². The molecule has 0 saturated heterocycles. The number of hydrogen-bond donors (Lipinski definition) is 1. The highest BCUT2D eigenvalue weighted by molar-refractivity contribution is 5.85. The summed E-state index contributed by atoms with van der Waals surface area (Å²) in [6.45, 7) is 0.912. The summed E-state index contributed by atoms with van der Waals surface area (Å²) in [6.07, 6.45) is 4.06. The Morgan fingerprint density at radius 2 is 2.07 bits per heavy atom. The predicted molar refractivity (Wildman–Crippen MR) is 62.9 cm³/mol. The predicted octanol–water partition coefficient (Wildman–Crippen LogP) is 2.39. The minimum absolute atomic E-state index is 0. The third kappa shape index (κ3) is 4.90. The van der Waals surface area contributed by atoms with E-state index in [1.807, 2.05) is 32.3 Å². The first-order chi connectivity index (χ1) is 6.18. The van der Waals surface area contributed by atoms with Crippen molar-refractivity contribution < 1.29 is 5.11 Å². The smallest absolute Gasteiger partial charge is 0.116 e. The fourth-order valence-electron chi connectivity index (χ4n) is 1.03. The molecule has 0 bridgehead atoms. The molecule has 1 N–H and O–H groups in total. The summed E-state index contributed by atoms with van der Waals surface area (Å²) in [4.78, 5) is 2.08. The first-order valence-corrected chi connectivity index (χ1v) is 4.29. The third-order valence-corrected chi connectivity index (χ3v) is 1.65. The number of benzene rings is 1. The number of phenolic OH excluding ortho intramolecular Hbond substituents is 1. The molecule has 0 radical (unpaired) electrons. The van der Waals surface area contributed by atoms with Crippen LogP contribution in [-0.2, 0) is 0 Å². The molecule has 2 nitrogen and oxygen atoms in total. The lowest BCUT2D eigenvalue weighted by molar-refractivity contribution is 0.457. The van der Waals surface area contributed by atoms with Crippen molar-refractivity contribution in [3.63, 3.8) is 0 Å². The monoisotopic (exact) mass is 213 g/mol. The first-order valence-electron chi connectivity index (χ1n) is 4.29. The number of hydrogen-bond acceptors (Lipinski definition) is 2. The molecule has 0 aliphatic rings. The van der Waals surface area contributed by atoms with Gasteiger partial charge >= 0.3 is 0 Å². The van der Waals surface area contributed by atoms with Gasteiger partial charge in [0.1, 0.15) is 5.75 Å². The molecule has 0 aromatic heterocycles. The van der Waals surface area contributed by atoms with Gasteiger partial charge in [-0.1, -0.05) is 24.3 Å². The van der Waals surface area contributed by atoms with Crippen molar-refractivity contribution >= 4 is 18.5 Å².